The Kier molecular flexibility index (Phi) is 7.06. The molecule has 1 aliphatic heterocycles. The van der Waals surface area contributed by atoms with Gasteiger partial charge in [0.05, 0.1) is 52.1 Å². The van der Waals surface area contributed by atoms with Gasteiger partial charge in [-0.3, -0.25) is 9.78 Å². The number of carbonyl (C=O) groups is 1. The van der Waals surface area contributed by atoms with Gasteiger partial charge in [0.15, 0.2) is 9.84 Å². The molecular formula is C27H32FN7O4S. The Morgan fingerprint density at radius 1 is 1.35 bits per heavy atom. The normalized spacial score (nSPS) is 23.6. The second-order valence-corrected chi connectivity index (χ2v) is 13.5. The lowest BCUT2D eigenvalue weighted by Crippen LogP contribution is -2.47. The number of nitrogens with two attached hydrogens (primary N) is 1. The number of anilines is 1. The Labute approximate surface area is 231 Å². The minimum Gasteiger partial charge on any atom is -0.387 e. The number of hydrogen-bond donors (Lipinski definition) is 3. The summed E-state index contributed by atoms with van der Waals surface area (Å²) in [5.41, 5.74) is 6.61. The summed E-state index contributed by atoms with van der Waals surface area (Å²) in [7, 11) is -3.36. The SMILES string of the molecule is CC(C)(O)[C@H](F)CN(c1cc(-c2ccc3cc(C#N)cnn23)ncc1C(N)=O)[C@H]1C[C@@H]2CN[C@@H](S(C)(=O)=O)[C@H]2C1. The second kappa shape index (κ2) is 10.1. The largest absolute Gasteiger partial charge is 0.387 e. The molecule has 5 atom stereocenters. The van der Waals surface area contributed by atoms with Crippen molar-refractivity contribution in [1.82, 2.24) is 19.9 Å². The van der Waals surface area contributed by atoms with Gasteiger partial charge in [-0.15, -0.1) is 0 Å². The minimum atomic E-state index is -3.36. The van der Waals surface area contributed by atoms with Gasteiger partial charge in [-0.25, -0.2) is 17.3 Å². The van der Waals surface area contributed by atoms with Crippen LogP contribution in [0.4, 0.5) is 10.1 Å². The van der Waals surface area contributed by atoms with Crippen LogP contribution in [-0.4, -0.2) is 76.6 Å². The van der Waals surface area contributed by atoms with Crippen molar-refractivity contribution in [1.29, 1.82) is 5.26 Å². The number of amides is 1. The summed E-state index contributed by atoms with van der Waals surface area (Å²) < 4.78 is 41.9. The highest BCUT2D eigenvalue weighted by Gasteiger charge is 2.49. The molecule has 0 spiro atoms. The number of fused-ring (bicyclic) bond motifs is 2. The van der Waals surface area contributed by atoms with E-state index in [0.717, 1.165) is 0 Å². The average Bonchev–Trinajstić information content (AvgIpc) is 3.59. The van der Waals surface area contributed by atoms with Crippen LogP contribution in [0.1, 0.15) is 42.6 Å². The average molecular weight is 570 g/mol. The van der Waals surface area contributed by atoms with E-state index in [0.29, 0.717) is 47.5 Å². The Morgan fingerprint density at radius 2 is 2.10 bits per heavy atom. The van der Waals surface area contributed by atoms with E-state index in [4.69, 9.17) is 5.73 Å². The Balaban J connectivity index is 1.60. The first-order valence-electron chi connectivity index (χ1n) is 13.0. The zero-order valence-corrected chi connectivity index (χ0v) is 23.3. The number of nitrogens with zero attached hydrogens (tertiary/aromatic N) is 5. The molecular weight excluding hydrogens is 537 g/mol. The summed E-state index contributed by atoms with van der Waals surface area (Å²) in [6, 6.07) is 8.64. The van der Waals surface area contributed by atoms with Crippen molar-refractivity contribution < 1.29 is 22.7 Å². The van der Waals surface area contributed by atoms with Gasteiger partial charge in [0.1, 0.15) is 17.6 Å². The lowest BCUT2D eigenvalue weighted by molar-refractivity contribution is -0.000137. The van der Waals surface area contributed by atoms with E-state index in [1.54, 1.807) is 33.7 Å². The van der Waals surface area contributed by atoms with E-state index in [1.165, 1.54) is 32.5 Å². The van der Waals surface area contributed by atoms with Crippen LogP contribution in [0, 0.1) is 23.2 Å². The fourth-order valence-corrected chi connectivity index (χ4v) is 7.35. The first kappa shape index (κ1) is 27.9. The van der Waals surface area contributed by atoms with E-state index in [1.807, 2.05) is 0 Å². The Bertz CT molecular complexity index is 1610. The summed E-state index contributed by atoms with van der Waals surface area (Å²) in [5, 5.41) is 26.4. The quantitative estimate of drug-likeness (QED) is 0.365. The lowest BCUT2D eigenvalue weighted by atomic mass is 10.00. The van der Waals surface area contributed by atoms with Crippen LogP contribution >= 0.6 is 0 Å². The molecule has 4 heterocycles. The smallest absolute Gasteiger partial charge is 0.252 e. The van der Waals surface area contributed by atoms with Crippen LogP contribution in [0.2, 0.25) is 0 Å². The van der Waals surface area contributed by atoms with E-state index in [9.17, 15) is 23.6 Å². The first-order chi connectivity index (χ1) is 18.8. The molecule has 1 saturated carbocycles. The van der Waals surface area contributed by atoms with Crippen molar-refractivity contribution >= 4 is 26.9 Å². The molecule has 1 amide bonds. The highest BCUT2D eigenvalue weighted by Crippen LogP contribution is 2.44. The molecule has 0 bridgehead atoms. The van der Waals surface area contributed by atoms with Gasteiger partial charge < -0.3 is 21.1 Å². The molecule has 2 fully saturated rings. The van der Waals surface area contributed by atoms with E-state index in [-0.39, 0.29) is 30.0 Å². The molecule has 1 saturated heterocycles. The van der Waals surface area contributed by atoms with Crippen molar-refractivity contribution in [2.75, 3.05) is 24.2 Å². The molecule has 0 radical (unpaired) electrons. The van der Waals surface area contributed by atoms with Crippen LogP contribution in [-0.2, 0) is 9.84 Å². The van der Waals surface area contributed by atoms with E-state index >= 15 is 4.39 Å². The van der Waals surface area contributed by atoms with Crippen LogP contribution < -0.4 is 16.0 Å². The summed E-state index contributed by atoms with van der Waals surface area (Å²) in [6.45, 7) is 3.04. The molecule has 40 heavy (non-hydrogen) atoms. The Hall–Kier alpha value is -3.60. The van der Waals surface area contributed by atoms with Crippen molar-refractivity contribution in [3.63, 3.8) is 0 Å². The van der Waals surface area contributed by atoms with E-state index < -0.39 is 32.9 Å². The van der Waals surface area contributed by atoms with Gasteiger partial charge in [-0.2, -0.15) is 10.4 Å². The lowest BCUT2D eigenvalue weighted by Gasteiger charge is -2.37. The fourth-order valence-electron chi connectivity index (χ4n) is 5.98. The molecule has 5 rings (SSSR count). The van der Waals surface area contributed by atoms with Gasteiger partial charge in [-0.05, 0) is 69.3 Å². The number of primary amides is 1. The fraction of sp³-hybridized carbons (Fsp3) is 0.481. The van der Waals surface area contributed by atoms with Crippen molar-refractivity contribution in [2.24, 2.45) is 17.6 Å². The monoisotopic (exact) mass is 569 g/mol. The third-order valence-corrected chi connectivity index (χ3v) is 9.51. The number of nitriles is 1. The number of rotatable bonds is 8. The highest BCUT2D eigenvalue weighted by atomic mass is 32.2. The van der Waals surface area contributed by atoms with Gasteiger partial charge in [0.2, 0.25) is 0 Å². The van der Waals surface area contributed by atoms with Crippen molar-refractivity contribution in [3.8, 4) is 17.5 Å². The summed E-state index contributed by atoms with van der Waals surface area (Å²) >= 11 is 0. The molecule has 0 unspecified atom stereocenters. The van der Waals surface area contributed by atoms with Crippen LogP contribution in [0.25, 0.3) is 16.9 Å². The standard InChI is InChI=1S/C27H32FN7O4S/c1-27(2,37)24(28)14-34(18-7-16-12-32-26(19(16)8-18)40(3,38)39)23-9-21(31-13-20(23)25(30)36)22-5-4-17-6-15(10-29)11-33-35(17)22/h4-6,9,11,13,16,18-19,24,26,32,37H,7-8,12,14H2,1-3H3,(H2,30,36)/t16-,18+,19+,24-,26+/m1/s1. The molecule has 3 aromatic heterocycles. The molecule has 2 aliphatic rings. The predicted molar refractivity (Wildman–Crippen MR) is 147 cm³/mol. The molecule has 3 aromatic rings. The maximum atomic E-state index is 15.5. The molecule has 13 heteroatoms. The Morgan fingerprint density at radius 3 is 2.75 bits per heavy atom. The predicted octanol–water partition coefficient (Wildman–Crippen LogP) is 1.65. The van der Waals surface area contributed by atoms with Gasteiger partial charge in [0, 0.05) is 18.5 Å². The number of aliphatic hydroxyl groups is 1. The van der Waals surface area contributed by atoms with E-state index in [2.05, 4.69) is 21.5 Å². The van der Waals surface area contributed by atoms with Gasteiger partial charge >= 0.3 is 0 Å². The third kappa shape index (κ3) is 5.14. The third-order valence-electron chi connectivity index (χ3n) is 8.07. The maximum absolute atomic E-state index is 15.5. The summed E-state index contributed by atoms with van der Waals surface area (Å²) in [6.07, 6.45) is 3.33. The molecule has 0 aromatic carbocycles. The molecule has 4 N–H and O–H groups in total. The van der Waals surface area contributed by atoms with Gasteiger partial charge in [-0.1, -0.05) is 0 Å². The molecule has 11 nitrogen and oxygen atoms in total. The number of aromatic nitrogens is 3. The number of halogens is 1. The number of nitrogens with one attached hydrogen (secondary N) is 1. The van der Waals surface area contributed by atoms with Crippen LogP contribution in [0.15, 0.2) is 36.7 Å². The zero-order chi connectivity index (χ0) is 29.0. The number of hydrogen-bond acceptors (Lipinski definition) is 9. The minimum absolute atomic E-state index is 0.0545. The number of sulfone groups is 1. The molecule has 212 valence electrons. The summed E-state index contributed by atoms with van der Waals surface area (Å²) in [4.78, 5) is 18.7. The maximum Gasteiger partial charge on any atom is 0.252 e. The van der Waals surface area contributed by atoms with Crippen LogP contribution in [0.5, 0.6) is 0 Å². The van der Waals surface area contributed by atoms with Crippen molar-refractivity contribution in [3.05, 3.63) is 47.8 Å². The second-order valence-electron chi connectivity index (χ2n) is 11.3. The topological polar surface area (TPSA) is 167 Å². The first-order valence-corrected chi connectivity index (χ1v) is 15.0. The zero-order valence-electron chi connectivity index (χ0n) is 22.5. The van der Waals surface area contributed by atoms with Crippen LogP contribution in [0.3, 0.4) is 0 Å². The highest BCUT2D eigenvalue weighted by molar-refractivity contribution is 7.91. The number of alkyl halides is 1. The number of pyridine rings is 1. The van der Waals surface area contributed by atoms with Crippen molar-refractivity contribution in [2.45, 2.75) is 49.9 Å². The number of carbonyl (C=O) groups excluding carboxylic acids is 1. The van der Waals surface area contributed by atoms with Gasteiger partial charge in [0.25, 0.3) is 5.91 Å². The summed E-state index contributed by atoms with van der Waals surface area (Å²) in [5.74, 6) is -0.864. The molecule has 1 aliphatic carbocycles.